The minimum atomic E-state index is 0.0641. The fraction of sp³-hybridized carbons (Fsp3) is 0.562. The van der Waals surface area contributed by atoms with Gasteiger partial charge in [0.05, 0.1) is 0 Å². The van der Waals surface area contributed by atoms with Crippen molar-refractivity contribution in [3.63, 3.8) is 0 Å². The number of ketones is 1. The fourth-order valence-electron chi connectivity index (χ4n) is 2.95. The molecule has 1 aromatic rings. The Morgan fingerprint density at radius 2 is 2.05 bits per heavy atom. The summed E-state index contributed by atoms with van der Waals surface area (Å²) >= 11 is 6.20. The largest absolute Gasteiger partial charge is 0.381 e. The zero-order valence-corrected chi connectivity index (χ0v) is 13.2. The van der Waals surface area contributed by atoms with E-state index >= 15 is 0 Å². The van der Waals surface area contributed by atoms with Crippen LogP contribution in [0.1, 0.15) is 42.6 Å². The molecule has 1 heterocycles. The van der Waals surface area contributed by atoms with E-state index in [9.17, 15) is 4.79 Å². The quantitative estimate of drug-likeness (QED) is 0.790. The summed E-state index contributed by atoms with van der Waals surface area (Å²) in [5.74, 6) is 0.0641. The Kier molecular flexibility index (Phi) is 5.06. The molecule has 110 valence electrons. The summed E-state index contributed by atoms with van der Waals surface area (Å²) in [4.78, 5) is 14.1. The first-order valence-corrected chi connectivity index (χ1v) is 7.57. The summed E-state index contributed by atoms with van der Waals surface area (Å²) < 4.78 is 5.44. The van der Waals surface area contributed by atoms with Crippen molar-refractivity contribution in [3.05, 3.63) is 28.3 Å². The third kappa shape index (κ3) is 3.15. The lowest BCUT2D eigenvalue weighted by atomic mass is 10.00. The highest BCUT2D eigenvalue weighted by molar-refractivity contribution is 6.31. The molecule has 0 N–H and O–H groups in total. The third-order valence-corrected chi connectivity index (χ3v) is 4.22. The molecule has 20 heavy (non-hydrogen) atoms. The number of carbonyl (C=O) groups excluding carboxylic acids is 1. The molecule has 1 saturated heterocycles. The van der Waals surface area contributed by atoms with Crippen molar-refractivity contribution in [2.24, 2.45) is 0 Å². The standard InChI is InChI=1S/C16H22ClNO2/c1-4-18(14-5-7-20-8-6-14)16-10-13(17)9-15(11(16)2)12(3)19/h9-10,14H,4-8H2,1-3H3. The van der Waals surface area contributed by atoms with Crippen molar-refractivity contribution >= 4 is 23.1 Å². The molecular weight excluding hydrogens is 274 g/mol. The summed E-state index contributed by atoms with van der Waals surface area (Å²) in [6.45, 7) is 8.25. The van der Waals surface area contributed by atoms with Crippen LogP contribution in [0.4, 0.5) is 5.69 Å². The van der Waals surface area contributed by atoms with Gasteiger partial charge in [-0.3, -0.25) is 4.79 Å². The number of hydrogen-bond donors (Lipinski definition) is 0. The fourth-order valence-corrected chi connectivity index (χ4v) is 3.16. The minimum absolute atomic E-state index is 0.0641. The van der Waals surface area contributed by atoms with Gasteiger partial charge in [0.1, 0.15) is 0 Å². The van der Waals surface area contributed by atoms with Gasteiger partial charge in [0.25, 0.3) is 0 Å². The van der Waals surface area contributed by atoms with Crippen LogP contribution >= 0.6 is 11.6 Å². The molecule has 1 fully saturated rings. The van der Waals surface area contributed by atoms with Crippen LogP contribution in [0.3, 0.4) is 0 Å². The van der Waals surface area contributed by atoms with Gasteiger partial charge in [-0.15, -0.1) is 0 Å². The average Bonchev–Trinajstić information content (AvgIpc) is 2.44. The van der Waals surface area contributed by atoms with Gasteiger partial charge in [0.15, 0.2) is 5.78 Å². The number of carbonyl (C=O) groups is 1. The van der Waals surface area contributed by atoms with Crippen LogP contribution in [-0.4, -0.2) is 31.6 Å². The number of nitrogens with zero attached hydrogens (tertiary/aromatic N) is 1. The van der Waals surface area contributed by atoms with Gasteiger partial charge in [-0.05, 0) is 51.3 Å². The molecule has 3 nitrogen and oxygen atoms in total. The summed E-state index contributed by atoms with van der Waals surface area (Å²) in [7, 11) is 0. The molecule has 0 aliphatic carbocycles. The topological polar surface area (TPSA) is 29.5 Å². The number of anilines is 1. The van der Waals surface area contributed by atoms with E-state index in [2.05, 4.69) is 11.8 Å². The van der Waals surface area contributed by atoms with Crippen LogP contribution in [0, 0.1) is 6.92 Å². The smallest absolute Gasteiger partial charge is 0.160 e. The Hall–Kier alpha value is -1.06. The van der Waals surface area contributed by atoms with Gasteiger partial charge in [0.2, 0.25) is 0 Å². The molecule has 0 atom stereocenters. The van der Waals surface area contributed by atoms with E-state index in [1.807, 2.05) is 13.0 Å². The lowest BCUT2D eigenvalue weighted by molar-refractivity contribution is 0.0846. The second-order valence-corrected chi connectivity index (χ2v) is 5.72. The summed E-state index contributed by atoms with van der Waals surface area (Å²) in [5.41, 5.74) is 2.82. The van der Waals surface area contributed by atoms with Crippen LogP contribution < -0.4 is 4.90 Å². The molecule has 4 heteroatoms. The molecule has 0 bridgehead atoms. The Balaban J connectivity index is 2.40. The Morgan fingerprint density at radius 3 is 2.60 bits per heavy atom. The second kappa shape index (κ2) is 6.59. The van der Waals surface area contributed by atoms with E-state index in [0.29, 0.717) is 11.1 Å². The zero-order chi connectivity index (χ0) is 14.7. The van der Waals surface area contributed by atoms with E-state index in [4.69, 9.17) is 16.3 Å². The number of ether oxygens (including phenoxy) is 1. The summed E-state index contributed by atoms with van der Waals surface area (Å²) in [5, 5.41) is 0.626. The predicted molar refractivity (Wildman–Crippen MR) is 83.1 cm³/mol. The normalized spacial score (nSPS) is 16.2. The van der Waals surface area contributed by atoms with Crippen molar-refractivity contribution < 1.29 is 9.53 Å². The van der Waals surface area contributed by atoms with Crippen molar-refractivity contribution in [1.82, 2.24) is 0 Å². The summed E-state index contributed by atoms with van der Waals surface area (Å²) in [6, 6.07) is 4.20. The molecule has 2 rings (SSSR count). The van der Waals surface area contributed by atoms with E-state index in [1.165, 1.54) is 0 Å². The molecule has 1 aliphatic heterocycles. The first kappa shape index (κ1) is 15.3. The van der Waals surface area contributed by atoms with Crippen LogP contribution in [0.15, 0.2) is 12.1 Å². The Labute approximate surface area is 125 Å². The number of hydrogen-bond acceptors (Lipinski definition) is 3. The molecule has 0 spiro atoms. The molecule has 0 saturated carbocycles. The van der Waals surface area contributed by atoms with E-state index in [1.54, 1.807) is 13.0 Å². The number of halogens is 1. The molecule has 1 aromatic carbocycles. The number of Topliss-reactive ketones (excluding diaryl/α,β-unsaturated/α-hetero) is 1. The maximum Gasteiger partial charge on any atom is 0.160 e. The Bertz CT molecular complexity index is 495. The van der Waals surface area contributed by atoms with Gasteiger partial charge >= 0.3 is 0 Å². The van der Waals surface area contributed by atoms with Crippen LogP contribution in [0.2, 0.25) is 5.02 Å². The molecule has 1 aliphatic rings. The zero-order valence-electron chi connectivity index (χ0n) is 12.4. The minimum Gasteiger partial charge on any atom is -0.381 e. The highest BCUT2D eigenvalue weighted by Crippen LogP contribution is 2.31. The molecular formula is C16H22ClNO2. The molecule has 0 radical (unpaired) electrons. The summed E-state index contributed by atoms with van der Waals surface area (Å²) in [6.07, 6.45) is 2.05. The highest BCUT2D eigenvalue weighted by Gasteiger charge is 2.23. The first-order valence-electron chi connectivity index (χ1n) is 7.20. The lowest BCUT2D eigenvalue weighted by Crippen LogP contribution is -2.40. The highest BCUT2D eigenvalue weighted by atomic mass is 35.5. The number of rotatable bonds is 4. The number of benzene rings is 1. The third-order valence-electron chi connectivity index (χ3n) is 4.01. The van der Waals surface area contributed by atoms with Gasteiger partial charge in [-0.2, -0.15) is 0 Å². The molecule has 0 amide bonds. The van der Waals surface area contributed by atoms with E-state index in [0.717, 1.165) is 49.4 Å². The SMILES string of the molecule is CCN(c1cc(Cl)cc(C(C)=O)c1C)C1CCOCC1. The van der Waals surface area contributed by atoms with Gasteiger partial charge in [0, 0.05) is 42.1 Å². The Morgan fingerprint density at radius 1 is 1.40 bits per heavy atom. The first-order chi connectivity index (χ1) is 9.54. The maximum absolute atomic E-state index is 11.8. The lowest BCUT2D eigenvalue weighted by Gasteiger charge is -2.36. The van der Waals surface area contributed by atoms with Crippen molar-refractivity contribution in [2.45, 2.75) is 39.7 Å². The van der Waals surface area contributed by atoms with Gasteiger partial charge in [-0.1, -0.05) is 11.6 Å². The maximum atomic E-state index is 11.8. The van der Waals surface area contributed by atoms with Crippen LogP contribution in [0.5, 0.6) is 0 Å². The monoisotopic (exact) mass is 295 g/mol. The van der Waals surface area contributed by atoms with E-state index in [-0.39, 0.29) is 5.78 Å². The van der Waals surface area contributed by atoms with Gasteiger partial charge in [-0.25, -0.2) is 0 Å². The van der Waals surface area contributed by atoms with Crippen LogP contribution in [-0.2, 0) is 4.74 Å². The average molecular weight is 296 g/mol. The molecule has 0 aromatic heterocycles. The van der Waals surface area contributed by atoms with Crippen molar-refractivity contribution in [2.75, 3.05) is 24.7 Å². The predicted octanol–water partition coefficient (Wildman–Crippen LogP) is 3.86. The van der Waals surface area contributed by atoms with Gasteiger partial charge < -0.3 is 9.64 Å². The second-order valence-electron chi connectivity index (χ2n) is 5.28. The van der Waals surface area contributed by atoms with Crippen molar-refractivity contribution in [3.8, 4) is 0 Å². The van der Waals surface area contributed by atoms with Crippen molar-refractivity contribution in [1.29, 1.82) is 0 Å². The van der Waals surface area contributed by atoms with E-state index < -0.39 is 0 Å². The molecule has 0 unspecified atom stereocenters. The van der Waals surface area contributed by atoms with Crippen LogP contribution in [0.25, 0.3) is 0 Å².